The smallest absolute Gasteiger partial charge is 0.322 e. The number of amides is 1. The highest BCUT2D eigenvalue weighted by molar-refractivity contribution is 6.64. The second-order valence-corrected chi connectivity index (χ2v) is 11.6. The number of halogens is 3. The van der Waals surface area contributed by atoms with Crippen LogP contribution in [0.15, 0.2) is 65.8 Å². The molecule has 0 saturated carbocycles. The van der Waals surface area contributed by atoms with Gasteiger partial charge in [0, 0.05) is 33.4 Å². The van der Waals surface area contributed by atoms with Gasteiger partial charge in [0.15, 0.2) is 0 Å². The highest BCUT2D eigenvalue weighted by atomic mass is 35.5. The van der Waals surface area contributed by atoms with Gasteiger partial charge in [-0.3, -0.25) is 19.7 Å². The Labute approximate surface area is 233 Å². The number of ether oxygens (including phenoxy) is 1. The molecule has 0 spiro atoms. The largest absolute Gasteiger partial charge is 0.493 e. The summed E-state index contributed by atoms with van der Waals surface area (Å²) in [6, 6.07) is 16.8. The van der Waals surface area contributed by atoms with Gasteiger partial charge < -0.3 is 4.74 Å². The first-order valence-corrected chi connectivity index (χ1v) is 13.2. The summed E-state index contributed by atoms with van der Waals surface area (Å²) < 4.78 is 6.06. The van der Waals surface area contributed by atoms with Crippen molar-refractivity contribution in [3.63, 3.8) is 0 Å². The lowest BCUT2D eigenvalue weighted by Crippen LogP contribution is -2.53. The number of carbonyl (C=O) groups is 1. The molecule has 0 saturated heterocycles. The molecule has 0 unspecified atom stereocenters. The Bertz CT molecular complexity index is 1350. The average Bonchev–Trinajstić information content (AvgIpc) is 3.08. The third-order valence-corrected chi connectivity index (χ3v) is 7.77. The molecule has 1 aliphatic heterocycles. The number of benzene rings is 2. The molecule has 2 heterocycles. The Hall–Kier alpha value is -2.60. The van der Waals surface area contributed by atoms with Crippen molar-refractivity contribution >= 4 is 46.0 Å². The van der Waals surface area contributed by atoms with Gasteiger partial charge in [0.2, 0.25) is 0 Å². The molecular formula is C29H30Cl3N3O2. The highest BCUT2D eigenvalue weighted by Gasteiger charge is 2.59. The van der Waals surface area contributed by atoms with Crippen molar-refractivity contribution < 1.29 is 9.53 Å². The van der Waals surface area contributed by atoms with Crippen LogP contribution < -0.4 is 4.74 Å². The summed E-state index contributed by atoms with van der Waals surface area (Å²) in [5.41, 5.74) is 0.969. The molecule has 2 atom stereocenters. The first-order valence-electron chi connectivity index (χ1n) is 12.1. The molecule has 0 radical (unpaired) electrons. The fourth-order valence-electron chi connectivity index (χ4n) is 4.83. The van der Waals surface area contributed by atoms with Crippen molar-refractivity contribution in [3.05, 3.63) is 93.2 Å². The Morgan fingerprint density at radius 1 is 0.973 bits per heavy atom. The molecule has 5 nitrogen and oxygen atoms in total. The number of rotatable bonds is 5. The minimum Gasteiger partial charge on any atom is -0.493 e. The van der Waals surface area contributed by atoms with Gasteiger partial charge in [-0.1, -0.05) is 68.2 Å². The van der Waals surface area contributed by atoms with E-state index in [0.717, 1.165) is 16.8 Å². The van der Waals surface area contributed by atoms with Crippen LogP contribution in [0.3, 0.4) is 0 Å². The van der Waals surface area contributed by atoms with Crippen molar-refractivity contribution in [2.75, 3.05) is 6.61 Å². The van der Waals surface area contributed by atoms with Crippen LogP contribution in [-0.2, 0) is 16.5 Å². The molecule has 194 valence electrons. The number of amidine groups is 1. The molecule has 1 aliphatic rings. The van der Waals surface area contributed by atoms with Gasteiger partial charge >= 0.3 is 5.37 Å². The van der Waals surface area contributed by atoms with Crippen LogP contribution in [0, 0.1) is 0 Å². The zero-order valence-corrected chi connectivity index (χ0v) is 24.0. The predicted molar refractivity (Wildman–Crippen MR) is 151 cm³/mol. The number of carbonyl (C=O) groups excluding carboxylic acids is 1. The van der Waals surface area contributed by atoms with Crippen molar-refractivity contribution in [2.24, 2.45) is 4.99 Å². The topological polar surface area (TPSA) is 54.8 Å². The van der Waals surface area contributed by atoms with Crippen LogP contribution in [0.2, 0.25) is 10.0 Å². The van der Waals surface area contributed by atoms with E-state index in [-0.39, 0.29) is 5.41 Å². The van der Waals surface area contributed by atoms with Crippen LogP contribution in [0.25, 0.3) is 0 Å². The summed E-state index contributed by atoms with van der Waals surface area (Å²) in [6.07, 6.45) is 1.72. The molecule has 1 amide bonds. The Balaban J connectivity index is 2.03. The van der Waals surface area contributed by atoms with Gasteiger partial charge in [0.05, 0.1) is 12.2 Å². The molecule has 8 heteroatoms. The molecule has 0 N–H and O–H groups in total. The van der Waals surface area contributed by atoms with E-state index in [1.165, 1.54) is 4.90 Å². The zero-order chi connectivity index (χ0) is 27.2. The van der Waals surface area contributed by atoms with E-state index in [1.807, 2.05) is 63.2 Å². The number of hydrogen-bond donors (Lipinski definition) is 0. The highest BCUT2D eigenvalue weighted by Crippen LogP contribution is 2.54. The lowest BCUT2D eigenvalue weighted by molar-refractivity contribution is 0.149. The molecule has 0 fully saturated rings. The maximum Gasteiger partial charge on any atom is 0.322 e. The molecule has 37 heavy (non-hydrogen) atoms. The van der Waals surface area contributed by atoms with E-state index in [9.17, 15) is 4.79 Å². The number of pyridine rings is 1. The maximum absolute atomic E-state index is 13.3. The molecule has 4 rings (SSSR count). The summed E-state index contributed by atoms with van der Waals surface area (Å²) in [6.45, 7) is 12.6. The maximum atomic E-state index is 13.3. The van der Waals surface area contributed by atoms with E-state index in [4.69, 9.17) is 49.5 Å². The van der Waals surface area contributed by atoms with Crippen LogP contribution >= 0.6 is 34.8 Å². The van der Waals surface area contributed by atoms with Gasteiger partial charge in [0.25, 0.3) is 0 Å². The van der Waals surface area contributed by atoms with Crippen LogP contribution in [0.4, 0.5) is 4.79 Å². The van der Waals surface area contributed by atoms with Crippen LogP contribution in [0.1, 0.15) is 63.9 Å². The Kier molecular flexibility index (Phi) is 7.37. The second kappa shape index (κ2) is 9.94. The average molecular weight is 559 g/mol. The van der Waals surface area contributed by atoms with E-state index >= 15 is 0 Å². The van der Waals surface area contributed by atoms with Crippen LogP contribution in [-0.4, -0.2) is 27.7 Å². The normalized spacial score (nSPS) is 21.6. The number of aromatic nitrogens is 1. The quantitative estimate of drug-likeness (QED) is 0.234. The Morgan fingerprint density at radius 3 is 2.00 bits per heavy atom. The van der Waals surface area contributed by atoms with Crippen molar-refractivity contribution in [2.45, 2.75) is 58.0 Å². The standard InChI is InChI=1S/C29H30Cl3N3O2/c1-7-37-23-16-24(27(2,3)4)33-17-22(23)25-34-28(5,18-8-12-20(30)13-9-18)29(6,35(25)26(32)36)19-10-14-21(31)15-11-19/h8-17H,7H2,1-6H3/t28-,29-/m0/s1. The van der Waals surface area contributed by atoms with Crippen LogP contribution in [0.5, 0.6) is 5.75 Å². The van der Waals surface area contributed by atoms with E-state index in [0.29, 0.717) is 33.8 Å². The summed E-state index contributed by atoms with van der Waals surface area (Å²) in [5, 5.41) is 0.522. The SMILES string of the molecule is CCOc1cc(C(C)(C)C)ncc1C1=N[C@@](C)(c2ccc(Cl)cc2)[C@](C)(c2ccc(Cl)cc2)N1C(=O)Cl. The monoisotopic (exact) mass is 557 g/mol. The van der Waals surface area contributed by atoms with Gasteiger partial charge in [0.1, 0.15) is 22.7 Å². The van der Waals surface area contributed by atoms with E-state index < -0.39 is 16.4 Å². The summed E-state index contributed by atoms with van der Waals surface area (Å²) in [7, 11) is 0. The number of hydrogen-bond acceptors (Lipinski definition) is 4. The van der Waals surface area contributed by atoms with Gasteiger partial charge in [-0.25, -0.2) is 0 Å². The third kappa shape index (κ3) is 4.73. The lowest BCUT2D eigenvalue weighted by atomic mass is 9.71. The fraction of sp³-hybridized carbons (Fsp3) is 0.345. The van der Waals surface area contributed by atoms with Gasteiger partial charge in [-0.15, -0.1) is 0 Å². The minimum atomic E-state index is -1.02. The molecular weight excluding hydrogens is 529 g/mol. The lowest BCUT2D eigenvalue weighted by Gasteiger charge is -2.44. The van der Waals surface area contributed by atoms with Crippen molar-refractivity contribution in [3.8, 4) is 5.75 Å². The van der Waals surface area contributed by atoms with Crippen molar-refractivity contribution in [1.82, 2.24) is 9.88 Å². The summed E-state index contributed by atoms with van der Waals surface area (Å²) >= 11 is 18.8. The van der Waals surface area contributed by atoms with Crippen molar-refractivity contribution in [1.29, 1.82) is 0 Å². The first kappa shape index (κ1) is 27.4. The van der Waals surface area contributed by atoms with Gasteiger partial charge in [-0.2, -0.15) is 0 Å². The number of nitrogens with zero attached hydrogens (tertiary/aromatic N) is 3. The van der Waals surface area contributed by atoms with E-state index in [1.54, 1.807) is 18.3 Å². The minimum absolute atomic E-state index is 0.195. The first-order chi connectivity index (χ1) is 17.3. The fourth-order valence-corrected chi connectivity index (χ4v) is 5.34. The molecule has 0 bridgehead atoms. The summed E-state index contributed by atoms with van der Waals surface area (Å²) in [5.74, 6) is 0.967. The zero-order valence-electron chi connectivity index (χ0n) is 21.8. The summed E-state index contributed by atoms with van der Waals surface area (Å²) in [4.78, 5) is 24.7. The number of aliphatic imine (C=N–C) groups is 1. The predicted octanol–water partition coefficient (Wildman–Crippen LogP) is 8.34. The molecule has 1 aromatic heterocycles. The Morgan fingerprint density at radius 2 is 1.51 bits per heavy atom. The second-order valence-electron chi connectivity index (χ2n) is 10.4. The molecule has 3 aromatic rings. The third-order valence-electron chi connectivity index (χ3n) is 7.10. The molecule has 0 aliphatic carbocycles. The van der Waals surface area contributed by atoms with Gasteiger partial charge in [-0.05, 0) is 67.8 Å². The van der Waals surface area contributed by atoms with E-state index in [2.05, 4.69) is 20.8 Å². The molecule has 2 aromatic carbocycles.